The van der Waals surface area contributed by atoms with E-state index in [4.69, 9.17) is 0 Å². The number of nitrogens with zero attached hydrogens (tertiary/aromatic N) is 1. The molecule has 1 N–H and O–H groups in total. The number of aromatic nitrogens is 1. The fourth-order valence-corrected chi connectivity index (χ4v) is 1.59. The van der Waals surface area contributed by atoms with Crippen molar-refractivity contribution in [2.75, 3.05) is 12.9 Å². The summed E-state index contributed by atoms with van der Waals surface area (Å²) in [6.07, 6.45) is 1.08. The smallest absolute Gasteiger partial charge is 0.316 e. The molecular formula is C10H13NO3S. The van der Waals surface area contributed by atoms with Crippen LogP contribution >= 0.6 is 11.8 Å². The summed E-state index contributed by atoms with van der Waals surface area (Å²) in [5.74, 6) is -0.0289. The van der Waals surface area contributed by atoms with Gasteiger partial charge in [0.25, 0.3) is 0 Å². The number of methoxy groups -OCH3 is 1. The van der Waals surface area contributed by atoms with Gasteiger partial charge in [0, 0.05) is 6.20 Å². The Balaban J connectivity index is 2.53. The molecule has 4 nitrogen and oxygen atoms in total. The Morgan fingerprint density at radius 3 is 2.87 bits per heavy atom. The molecule has 82 valence electrons. The maximum atomic E-state index is 10.8. The number of aliphatic hydroxyl groups excluding tert-OH is 1. The number of aliphatic hydroxyl groups is 1. The van der Waals surface area contributed by atoms with Gasteiger partial charge in [0.05, 0.1) is 24.0 Å². The number of pyridine rings is 1. The van der Waals surface area contributed by atoms with Gasteiger partial charge in [-0.2, -0.15) is 0 Å². The van der Waals surface area contributed by atoms with E-state index in [0.29, 0.717) is 0 Å². The van der Waals surface area contributed by atoms with Crippen molar-refractivity contribution < 1.29 is 14.6 Å². The molecule has 15 heavy (non-hydrogen) atoms. The van der Waals surface area contributed by atoms with Gasteiger partial charge in [-0.3, -0.25) is 4.79 Å². The van der Waals surface area contributed by atoms with Crippen LogP contribution in [-0.2, 0) is 9.53 Å². The monoisotopic (exact) mass is 227 g/mol. The molecule has 0 aliphatic heterocycles. The standard InChI is InChI=1S/C10H13NO3S/c1-7(12)8-3-4-9(11-5-8)15-6-10(13)14-2/h3-5,7,12H,6H2,1-2H3. The molecule has 0 saturated carbocycles. The number of esters is 1. The highest BCUT2D eigenvalue weighted by Gasteiger charge is 2.04. The topological polar surface area (TPSA) is 59.4 Å². The summed E-state index contributed by atoms with van der Waals surface area (Å²) in [7, 11) is 1.35. The molecule has 1 unspecified atom stereocenters. The first-order valence-corrected chi connectivity index (χ1v) is 5.45. The molecule has 1 aromatic heterocycles. The van der Waals surface area contributed by atoms with E-state index in [1.165, 1.54) is 18.9 Å². The lowest BCUT2D eigenvalue weighted by Crippen LogP contribution is -2.03. The van der Waals surface area contributed by atoms with Crippen LogP contribution in [0, 0.1) is 0 Å². The molecule has 0 fully saturated rings. The lowest BCUT2D eigenvalue weighted by atomic mass is 10.2. The van der Waals surface area contributed by atoms with Gasteiger partial charge in [0.2, 0.25) is 0 Å². The van der Waals surface area contributed by atoms with Crippen LogP contribution in [0.15, 0.2) is 23.4 Å². The van der Waals surface area contributed by atoms with E-state index in [1.54, 1.807) is 25.3 Å². The second kappa shape index (κ2) is 5.72. The van der Waals surface area contributed by atoms with Crippen LogP contribution in [-0.4, -0.2) is 28.9 Å². The first kappa shape index (κ1) is 12.0. The van der Waals surface area contributed by atoms with Gasteiger partial charge in [-0.15, -0.1) is 0 Å². The van der Waals surface area contributed by atoms with Crippen molar-refractivity contribution in [3.63, 3.8) is 0 Å². The highest BCUT2D eigenvalue weighted by atomic mass is 32.2. The summed E-state index contributed by atoms with van der Waals surface area (Å²) in [5, 5.41) is 9.99. The van der Waals surface area contributed by atoms with E-state index < -0.39 is 6.10 Å². The van der Waals surface area contributed by atoms with Crippen molar-refractivity contribution in [3.8, 4) is 0 Å². The van der Waals surface area contributed by atoms with E-state index in [2.05, 4.69) is 9.72 Å². The van der Waals surface area contributed by atoms with Gasteiger partial charge in [0.15, 0.2) is 0 Å². The Labute approximate surface area is 92.7 Å². The fourth-order valence-electron chi connectivity index (χ4n) is 0.916. The molecule has 0 radical (unpaired) electrons. The molecule has 1 rings (SSSR count). The Bertz CT molecular complexity index is 324. The fraction of sp³-hybridized carbons (Fsp3) is 0.400. The summed E-state index contributed by atoms with van der Waals surface area (Å²) in [5.41, 5.74) is 0.761. The molecular weight excluding hydrogens is 214 g/mol. The van der Waals surface area contributed by atoms with Crippen molar-refractivity contribution in [2.24, 2.45) is 0 Å². The van der Waals surface area contributed by atoms with E-state index in [-0.39, 0.29) is 11.7 Å². The van der Waals surface area contributed by atoms with E-state index in [1.807, 2.05) is 0 Å². The minimum absolute atomic E-state index is 0.248. The van der Waals surface area contributed by atoms with Crippen LogP contribution in [0.2, 0.25) is 0 Å². The quantitative estimate of drug-likeness (QED) is 0.622. The SMILES string of the molecule is COC(=O)CSc1ccc(C(C)O)cn1. The second-order valence-electron chi connectivity index (χ2n) is 2.97. The van der Waals surface area contributed by atoms with Gasteiger partial charge < -0.3 is 9.84 Å². The zero-order valence-corrected chi connectivity index (χ0v) is 9.45. The molecule has 0 saturated heterocycles. The predicted molar refractivity (Wildman–Crippen MR) is 57.6 cm³/mol. The molecule has 0 amide bonds. The number of hydrogen-bond acceptors (Lipinski definition) is 5. The number of ether oxygens (including phenoxy) is 1. The van der Waals surface area contributed by atoms with E-state index in [9.17, 15) is 9.90 Å². The summed E-state index contributed by atoms with van der Waals surface area (Å²) >= 11 is 1.31. The Morgan fingerprint density at radius 2 is 2.40 bits per heavy atom. The van der Waals surface area contributed by atoms with E-state index in [0.717, 1.165) is 10.6 Å². The minimum Gasteiger partial charge on any atom is -0.468 e. The summed E-state index contributed by atoms with van der Waals surface area (Å²) < 4.78 is 4.51. The molecule has 0 aliphatic carbocycles. The van der Waals surface area contributed by atoms with Crippen molar-refractivity contribution in [3.05, 3.63) is 23.9 Å². The Hall–Kier alpha value is -1.07. The van der Waals surface area contributed by atoms with Gasteiger partial charge in [-0.1, -0.05) is 17.8 Å². The molecule has 0 spiro atoms. The van der Waals surface area contributed by atoms with Crippen LogP contribution in [0.3, 0.4) is 0 Å². The summed E-state index contributed by atoms with van der Waals surface area (Å²) in [6, 6.07) is 3.56. The molecule has 0 bridgehead atoms. The first-order valence-electron chi connectivity index (χ1n) is 4.47. The first-order chi connectivity index (χ1) is 7.13. The zero-order chi connectivity index (χ0) is 11.3. The second-order valence-corrected chi connectivity index (χ2v) is 3.97. The third-order valence-electron chi connectivity index (χ3n) is 1.81. The minimum atomic E-state index is -0.517. The molecule has 0 aliphatic rings. The maximum absolute atomic E-state index is 10.8. The zero-order valence-electron chi connectivity index (χ0n) is 8.64. The molecule has 0 aromatic carbocycles. The van der Waals surface area contributed by atoms with Crippen LogP contribution in [0.25, 0.3) is 0 Å². The van der Waals surface area contributed by atoms with Crippen molar-refractivity contribution in [1.29, 1.82) is 0 Å². The number of carbonyl (C=O) groups is 1. The molecule has 1 aromatic rings. The number of rotatable bonds is 4. The van der Waals surface area contributed by atoms with Crippen LogP contribution in [0.5, 0.6) is 0 Å². The number of carbonyl (C=O) groups excluding carboxylic acids is 1. The van der Waals surface area contributed by atoms with E-state index >= 15 is 0 Å². The average Bonchev–Trinajstić information content (AvgIpc) is 2.26. The number of hydrogen-bond donors (Lipinski definition) is 1. The van der Waals surface area contributed by atoms with Gasteiger partial charge in [-0.05, 0) is 18.6 Å². The van der Waals surface area contributed by atoms with Crippen LogP contribution in [0.4, 0.5) is 0 Å². The van der Waals surface area contributed by atoms with Gasteiger partial charge >= 0.3 is 5.97 Å². The average molecular weight is 227 g/mol. The van der Waals surface area contributed by atoms with Crippen LogP contribution < -0.4 is 0 Å². The molecule has 5 heteroatoms. The van der Waals surface area contributed by atoms with Gasteiger partial charge in [-0.25, -0.2) is 4.98 Å². The molecule has 1 heterocycles. The lowest BCUT2D eigenvalue weighted by Gasteiger charge is -2.04. The predicted octanol–water partition coefficient (Wildman–Crippen LogP) is 1.40. The Morgan fingerprint density at radius 1 is 1.67 bits per heavy atom. The Kier molecular flexibility index (Phi) is 4.58. The highest BCUT2D eigenvalue weighted by Crippen LogP contribution is 2.17. The largest absolute Gasteiger partial charge is 0.468 e. The summed E-state index contributed by atoms with van der Waals surface area (Å²) in [6.45, 7) is 1.68. The highest BCUT2D eigenvalue weighted by molar-refractivity contribution is 7.99. The van der Waals surface area contributed by atoms with Crippen LogP contribution in [0.1, 0.15) is 18.6 Å². The third kappa shape index (κ3) is 3.89. The maximum Gasteiger partial charge on any atom is 0.316 e. The van der Waals surface area contributed by atoms with Crippen molar-refractivity contribution in [2.45, 2.75) is 18.1 Å². The van der Waals surface area contributed by atoms with Crippen molar-refractivity contribution in [1.82, 2.24) is 4.98 Å². The third-order valence-corrected chi connectivity index (χ3v) is 2.72. The summed E-state index contributed by atoms with van der Waals surface area (Å²) in [4.78, 5) is 15.0. The van der Waals surface area contributed by atoms with Crippen molar-refractivity contribution >= 4 is 17.7 Å². The number of thioether (sulfide) groups is 1. The molecule has 1 atom stereocenters. The van der Waals surface area contributed by atoms with Gasteiger partial charge in [0.1, 0.15) is 0 Å². The lowest BCUT2D eigenvalue weighted by molar-refractivity contribution is -0.137. The normalized spacial score (nSPS) is 12.2.